The summed E-state index contributed by atoms with van der Waals surface area (Å²) in [7, 11) is 0. The molecule has 0 radical (unpaired) electrons. The number of alkyl carbamates (subject to hydrolysis) is 1. The van der Waals surface area contributed by atoms with Gasteiger partial charge in [-0.1, -0.05) is 0 Å². The Morgan fingerprint density at radius 3 is 2.82 bits per heavy atom. The van der Waals surface area contributed by atoms with Crippen molar-refractivity contribution in [1.29, 1.82) is 0 Å². The van der Waals surface area contributed by atoms with Crippen LogP contribution in [0.25, 0.3) is 0 Å². The molecule has 0 saturated carbocycles. The summed E-state index contributed by atoms with van der Waals surface area (Å²) in [4.78, 5) is 15.4. The molecule has 0 unspecified atom stereocenters. The van der Waals surface area contributed by atoms with Gasteiger partial charge in [-0.2, -0.15) is 0 Å². The van der Waals surface area contributed by atoms with Crippen LogP contribution in [0, 0.1) is 0 Å². The van der Waals surface area contributed by atoms with E-state index in [2.05, 4.69) is 10.3 Å². The SMILES string of the molecule is CC(C)(C)OC(=O)N[C@@H](CO)Cc1cocn1. The van der Waals surface area contributed by atoms with E-state index in [1.807, 2.05) is 0 Å². The number of nitrogens with zero attached hydrogens (tertiary/aromatic N) is 1. The fourth-order valence-electron chi connectivity index (χ4n) is 1.23. The van der Waals surface area contributed by atoms with Gasteiger partial charge in [0, 0.05) is 6.42 Å². The Kier molecular flexibility index (Phi) is 4.51. The highest BCUT2D eigenvalue weighted by molar-refractivity contribution is 5.68. The third-order valence-corrected chi connectivity index (χ3v) is 1.88. The van der Waals surface area contributed by atoms with Crippen LogP contribution < -0.4 is 5.32 Å². The second-order valence-corrected chi connectivity index (χ2v) is 4.71. The molecule has 96 valence electrons. The molecule has 2 N–H and O–H groups in total. The summed E-state index contributed by atoms with van der Waals surface area (Å²) in [6.45, 7) is 5.14. The predicted molar refractivity (Wildman–Crippen MR) is 60.5 cm³/mol. The van der Waals surface area contributed by atoms with Crippen molar-refractivity contribution in [2.45, 2.75) is 38.8 Å². The van der Waals surface area contributed by atoms with E-state index in [1.165, 1.54) is 12.7 Å². The first-order chi connectivity index (χ1) is 7.90. The minimum atomic E-state index is -0.558. The number of aromatic nitrogens is 1. The predicted octanol–water partition coefficient (Wildman–Crippen LogP) is 1.10. The van der Waals surface area contributed by atoms with Crippen LogP contribution in [-0.4, -0.2) is 34.4 Å². The van der Waals surface area contributed by atoms with E-state index < -0.39 is 17.7 Å². The van der Waals surface area contributed by atoms with Crippen molar-refractivity contribution in [2.24, 2.45) is 0 Å². The van der Waals surface area contributed by atoms with Crippen molar-refractivity contribution in [2.75, 3.05) is 6.61 Å². The van der Waals surface area contributed by atoms with Crippen molar-refractivity contribution in [3.05, 3.63) is 18.4 Å². The number of carbonyl (C=O) groups is 1. The Labute approximate surface area is 100.0 Å². The number of amides is 1. The lowest BCUT2D eigenvalue weighted by molar-refractivity contribution is 0.0482. The molecular formula is C11H18N2O4. The third-order valence-electron chi connectivity index (χ3n) is 1.88. The highest BCUT2D eigenvalue weighted by Gasteiger charge is 2.19. The highest BCUT2D eigenvalue weighted by Crippen LogP contribution is 2.07. The van der Waals surface area contributed by atoms with Gasteiger partial charge in [0.05, 0.1) is 18.3 Å². The third kappa shape index (κ3) is 5.35. The Balaban J connectivity index is 2.44. The fraction of sp³-hybridized carbons (Fsp3) is 0.636. The first-order valence-corrected chi connectivity index (χ1v) is 5.38. The van der Waals surface area contributed by atoms with E-state index >= 15 is 0 Å². The van der Waals surface area contributed by atoms with E-state index in [-0.39, 0.29) is 6.61 Å². The average molecular weight is 242 g/mol. The van der Waals surface area contributed by atoms with Gasteiger partial charge in [-0.3, -0.25) is 0 Å². The molecule has 0 aliphatic carbocycles. The molecule has 1 rings (SSSR count). The molecule has 6 nitrogen and oxygen atoms in total. The maximum Gasteiger partial charge on any atom is 0.407 e. The Morgan fingerprint density at radius 1 is 1.65 bits per heavy atom. The maximum absolute atomic E-state index is 11.5. The van der Waals surface area contributed by atoms with E-state index in [1.54, 1.807) is 20.8 Å². The minimum Gasteiger partial charge on any atom is -0.451 e. The Bertz CT molecular complexity index is 343. The molecule has 0 aliphatic rings. The fourth-order valence-corrected chi connectivity index (χ4v) is 1.23. The monoisotopic (exact) mass is 242 g/mol. The molecule has 6 heteroatoms. The van der Waals surface area contributed by atoms with Crippen molar-refractivity contribution in [1.82, 2.24) is 10.3 Å². The van der Waals surface area contributed by atoms with Crippen LogP contribution >= 0.6 is 0 Å². The van der Waals surface area contributed by atoms with Crippen LogP contribution in [-0.2, 0) is 11.2 Å². The van der Waals surface area contributed by atoms with E-state index in [0.29, 0.717) is 12.1 Å². The number of rotatable bonds is 4. The molecule has 1 aromatic rings. The number of nitrogens with one attached hydrogen (secondary N) is 1. The topological polar surface area (TPSA) is 84.6 Å². The summed E-state index contributed by atoms with van der Waals surface area (Å²) in [5.74, 6) is 0. The normalized spacial score (nSPS) is 13.2. The lowest BCUT2D eigenvalue weighted by Crippen LogP contribution is -2.42. The van der Waals surface area contributed by atoms with Crippen molar-refractivity contribution in [3.63, 3.8) is 0 Å². The van der Waals surface area contributed by atoms with Gasteiger partial charge in [-0.15, -0.1) is 0 Å². The molecule has 17 heavy (non-hydrogen) atoms. The van der Waals surface area contributed by atoms with Gasteiger partial charge >= 0.3 is 6.09 Å². The van der Waals surface area contributed by atoms with Crippen LogP contribution in [0.2, 0.25) is 0 Å². The molecule has 0 aromatic carbocycles. The zero-order chi connectivity index (χ0) is 12.9. The smallest absolute Gasteiger partial charge is 0.407 e. The van der Waals surface area contributed by atoms with Crippen molar-refractivity contribution >= 4 is 6.09 Å². The number of hydrogen-bond acceptors (Lipinski definition) is 5. The van der Waals surface area contributed by atoms with Gasteiger partial charge < -0.3 is 19.6 Å². The van der Waals surface area contributed by atoms with Gasteiger partial charge in [0.1, 0.15) is 11.9 Å². The molecule has 1 aromatic heterocycles. The zero-order valence-electron chi connectivity index (χ0n) is 10.3. The lowest BCUT2D eigenvalue weighted by Gasteiger charge is -2.22. The molecule has 0 fully saturated rings. The zero-order valence-corrected chi connectivity index (χ0v) is 10.3. The van der Waals surface area contributed by atoms with E-state index in [0.717, 1.165) is 0 Å². The van der Waals surface area contributed by atoms with E-state index in [4.69, 9.17) is 14.3 Å². The molecule has 0 spiro atoms. The summed E-state index contributed by atoms with van der Waals surface area (Å²) >= 11 is 0. The molecule has 0 aliphatic heterocycles. The quantitative estimate of drug-likeness (QED) is 0.826. The second kappa shape index (κ2) is 5.67. The van der Waals surface area contributed by atoms with Crippen LogP contribution in [0.5, 0.6) is 0 Å². The van der Waals surface area contributed by atoms with Crippen LogP contribution in [0.1, 0.15) is 26.5 Å². The lowest BCUT2D eigenvalue weighted by atomic mass is 10.2. The van der Waals surface area contributed by atoms with Crippen LogP contribution in [0.3, 0.4) is 0 Å². The summed E-state index contributed by atoms with van der Waals surface area (Å²) < 4.78 is 9.89. The molecule has 1 amide bonds. The summed E-state index contributed by atoms with van der Waals surface area (Å²) in [6.07, 6.45) is 2.61. The molecule has 1 atom stereocenters. The van der Waals surface area contributed by atoms with E-state index in [9.17, 15) is 4.79 Å². The van der Waals surface area contributed by atoms with Gasteiger partial charge in [0.15, 0.2) is 6.39 Å². The number of aliphatic hydroxyl groups excluding tert-OH is 1. The molecule has 0 saturated heterocycles. The van der Waals surface area contributed by atoms with Gasteiger partial charge in [0.2, 0.25) is 0 Å². The van der Waals surface area contributed by atoms with Crippen LogP contribution in [0.15, 0.2) is 17.1 Å². The minimum absolute atomic E-state index is 0.188. The maximum atomic E-state index is 11.5. The largest absolute Gasteiger partial charge is 0.451 e. The number of hydrogen-bond donors (Lipinski definition) is 2. The first-order valence-electron chi connectivity index (χ1n) is 5.38. The average Bonchev–Trinajstić information content (AvgIpc) is 2.66. The van der Waals surface area contributed by atoms with Crippen molar-refractivity contribution in [3.8, 4) is 0 Å². The summed E-state index contributed by atoms with van der Waals surface area (Å²) in [6, 6.07) is -0.435. The molecular weight excluding hydrogens is 224 g/mol. The van der Waals surface area contributed by atoms with Crippen LogP contribution in [0.4, 0.5) is 4.79 Å². The summed E-state index contributed by atoms with van der Waals surface area (Å²) in [5.41, 5.74) is 0.109. The Hall–Kier alpha value is -1.56. The summed E-state index contributed by atoms with van der Waals surface area (Å²) in [5, 5.41) is 11.7. The number of oxazole rings is 1. The van der Waals surface area contributed by atoms with Crippen molar-refractivity contribution < 1.29 is 19.1 Å². The van der Waals surface area contributed by atoms with Gasteiger partial charge in [0.25, 0.3) is 0 Å². The number of carbonyl (C=O) groups excluding carboxylic acids is 1. The molecule has 0 bridgehead atoms. The standard InChI is InChI=1S/C11H18N2O4/c1-11(2,3)17-10(15)13-8(5-14)4-9-6-16-7-12-9/h6-8,14H,4-5H2,1-3H3,(H,13,15)/t8-/m1/s1. The number of aliphatic hydroxyl groups is 1. The first kappa shape index (κ1) is 13.5. The highest BCUT2D eigenvalue weighted by atomic mass is 16.6. The van der Waals surface area contributed by atoms with Gasteiger partial charge in [-0.05, 0) is 20.8 Å². The number of ether oxygens (including phenoxy) is 1. The van der Waals surface area contributed by atoms with Gasteiger partial charge in [-0.25, -0.2) is 9.78 Å². The second-order valence-electron chi connectivity index (χ2n) is 4.71. The molecule has 1 heterocycles. The Morgan fingerprint density at radius 2 is 2.35 bits per heavy atom.